The second kappa shape index (κ2) is 5.72. The minimum Gasteiger partial charge on any atom is -0.379 e. The van der Waals surface area contributed by atoms with Crippen molar-refractivity contribution < 1.29 is 4.39 Å². The Hall–Kier alpha value is -1.06. The molecule has 0 aromatic heterocycles. The second-order valence-electron chi connectivity index (χ2n) is 4.07. The molecule has 0 saturated heterocycles. The van der Waals surface area contributed by atoms with Gasteiger partial charge in [0, 0.05) is 16.0 Å². The monoisotopic (exact) mass is 327 g/mol. The minimum absolute atomic E-state index is 0.258. The van der Waals surface area contributed by atoms with Crippen LogP contribution >= 0.6 is 27.5 Å². The van der Waals surface area contributed by atoms with Gasteiger partial charge in [-0.15, -0.1) is 0 Å². The highest BCUT2D eigenvalue weighted by atomic mass is 79.9. The average Bonchev–Trinajstić information content (AvgIpc) is 2.34. The molecular formula is C14H12BrClFN. The van der Waals surface area contributed by atoms with E-state index >= 15 is 0 Å². The fraction of sp³-hybridized carbons (Fsp3) is 0.143. The molecule has 0 unspecified atom stereocenters. The van der Waals surface area contributed by atoms with Crippen LogP contribution in [0.2, 0.25) is 5.02 Å². The molecule has 0 heterocycles. The van der Waals surface area contributed by atoms with E-state index in [1.54, 1.807) is 12.1 Å². The van der Waals surface area contributed by atoms with Crippen molar-refractivity contribution in [2.24, 2.45) is 0 Å². The highest BCUT2D eigenvalue weighted by Gasteiger charge is 2.04. The van der Waals surface area contributed by atoms with Gasteiger partial charge in [-0.25, -0.2) is 4.39 Å². The van der Waals surface area contributed by atoms with Crippen LogP contribution in [-0.4, -0.2) is 0 Å². The van der Waals surface area contributed by atoms with Gasteiger partial charge in [-0.05, 0) is 48.4 Å². The van der Waals surface area contributed by atoms with Crippen molar-refractivity contribution in [2.75, 3.05) is 5.32 Å². The summed E-state index contributed by atoms with van der Waals surface area (Å²) in [5.74, 6) is -0.258. The molecule has 1 N–H and O–H groups in total. The van der Waals surface area contributed by atoms with Crippen molar-refractivity contribution in [1.29, 1.82) is 0 Å². The molecule has 4 heteroatoms. The van der Waals surface area contributed by atoms with Gasteiger partial charge in [0.05, 0.1) is 5.69 Å². The number of hydrogen-bond acceptors (Lipinski definition) is 1. The molecule has 0 spiro atoms. The summed E-state index contributed by atoms with van der Waals surface area (Å²) in [5, 5.41) is 3.72. The molecule has 0 radical (unpaired) electrons. The quantitative estimate of drug-likeness (QED) is 0.820. The molecule has 18 heavy (non-hydrogen) atoms. The van der Waals surface area contributed by atoms with Crippen LogP contribution in [0.3, 0.4) is 0 Å². The molecule has 0 bridgehead atoms. The molecule has 0 aliphatic heterocycles. The maximum Gasteiger partial charge on any atom is 0.146 e. The molecule has 2 rings (SSSR count). The van der Waals surface area contributed by atoms with Gasteiger partial charge in [0.25, 0.3) is 0 Å². The SMILES string of the molecule is Cc1ccc(F)c(NCc2cc(Br)ccc2Cl)c1. The fourth-order valence-electron chi connectivity index (χ4n) is 1.64. The minimum atomic E-state index is -0.258. The normalized spacial score (nSPS) is 10.4. The summed E-state index contributed by atoms with van der Waals surface area (Å²) < 4.78 is 14.5. The van der Waals surface area contributed by atoms with E-state index in [1.807, 2.05) is 25.1 Å². The van der Waals surface area contributed by atoms with Gasteiger partial charge in [-0.2, -0.15) is 0 Å². The van der Waals surface area contributed by atoms with E-state index in [2.05, 4.69) is 21.2 Å². The lowest BCUT2D eigenvalue weighted by Gasteiger charge is -2.10. The molecular weight excluding hydrogens is 317 g/mol. The molecule has 0 fully saturated rings. The first kappa shape index (κ1) is 13.4. The third-order valence-electron chi connectivity index (χ3n) is 2.60. The Morgan fingerprint density at radius 3 is 2.78 bits per heavy atom. The summed E-state index contributed by atoms with van der Waals surface area (Å²) in [7, 11) is 0. The number of anilines is 1. The number of rotatable bonds is 3. The van der Waals surface area contributed by atoms with Crippen LogP contribution in [0.1, 0.15) is 11.1 Å². The van der Waals surface area contributed by atoms with E-state index in [1.165, 1.54) is 6.07 Å². The first-order valence-corrected chi connectivity index (χ1v) is 6.67. The van der Waals surface area contributed by atoms with Crippen LogP contribution in [-0.2, 0) is 6.54 Å². The highest BCUT2D eigenvalue weighted by Crippen LogP contribution is 2.23. The lowest BCUT2D eigenvalue weighted by molar-refractivity contribution is 0.629. The van der Waals surface area contributed by atoms with Gasteiger partial charge >= 0.3 is 0 Å². The largest absolute Gasteiger partial charge is 0.379 e. The number of benzene rings is 2. The van der Waals surface area contributed by atoms with Crippen LogP contribution in [0.5, 0.6) is 0 Å². The molecule has 94 valence electrons. The average molecular weight is 329 g/mol. The predicted molar refractivity (Wildman–Crippen MR) is 77.6 cm³/mol. The summed E-state index contributed by atoms with van der Waals surface area (Å²) in [5.41, 5.74) is 2.43. The lowest BCUT2D eigenvalue weighted by atomic mass is 10.2. The van der Waals surface area contributed by atoms with Crippen molar-refractivity contribution >= 4 is 33.2 Å². The molecule has 2 aromatic rings. The summed E-state index contributed by atoms with van der Waals surface area (Å²) in [6.07, 6.45) is 0. The Bertz CT molecular complexity index is 520. The van der Waals surface area contributed by atoms with Gasteiger partial charge < -0.3 is 5.32 Å². The van der Waals surface area contributed by atoms with Crippen LogP contribution < -0.4 is 5.32 Å². The van der Waals surface area contributed by atoms with Gasteiger partial charge in [0.1, 0.15) is 5.82 Å². The zero-order valence-corrected chi connectivity index (χ0v) is 12.1. The molecule has 2 aromatic carbocycles. The molecule has 0 saturated carbocycles. The van der Waals surface area contributed by atoms with Crippen molar-refractivity contribution in [3.8, 4) is 0 Å². The van der Waals surface area contributed by atoms with E-state index in [0.717, 1.165) is 15.6 Å². The first-order chi connectivity index (χ1) is 8.56. The molecule has 1 nitrogen and oxygen atoms in total. The first-order valence-electron chi connectivity index (χ1n) is 5.50. The summed E-state index contributed by atoms with van der Waals surface area (Å²) in [6, 6.07) is 10.6. The van der Waals surface area contributed by atoms with Gasteiger partial charge in [0.2, 0.25) is 0 Å². The van der Waals surface area contributed by atoms with E-state index in [-0.39, 0.29) is 5.82 Å². The Kier molecular flexibility index (Phi) is 4.25. The summed E-state index contributed by atoms with van der Waals surface area (Å²) in [4.78, 5) is 0. The third-order valence-corrected chi connectivity index (χ3v) is 3.46. The number of hydrogen-bond donors (Lipinski definition) is 1. The summed E-state index contributed by atoms with van der Waals surface area (Å²) in [6.45, 7) is 2.41. The smallest absolute Gasteiger partial charge is 0.146 e. The fourth-order valence-corrected chi connectivity index (χ4v) is 2.24. The van der Waals surface area contributed by atoms with E-state index in [9.17, 15) is 4.39 Å². The molecule has 0 aliphatic rings. The van der Waals surface area contributed by atoms with Crippen LogP contribution in [0.25, 0.3) is 0 Å². The van der Waals surface area contributed by atoms with Crippen LogP contribution in [0, 0.1) is 12.7 Å². The Balaban J connectivity index is 2.16. The van der Waals surface area contributed by atoms with Crippen molar-refractivity contribution in [3.63, 3.8) is 0 Å². The Labute approximate surface area is 119 Å². The third kappa shape index (κ3) is 3.24. The topological polar surface area (TPSA) is 12.0 Å². The standard InChI is InChI=1S/C14H12BrClFN/c1-9-2-5-13(17)14(6-9)18-8-10-7-11(15)3-4-12(10)16/h2-7,18H,8H2,1H3. The maximum atomic E-state index is 13.5. The van der Waals surface area contributed by atoms with Gasteiger partial charge in [-0.3, -0.25) is 0 Å². The van der Waals surface area contributed by atoms with E-state index < -0.39 is 0 Å². The van der Waals surface area contributed by atoms with Crippen LogP contribution in [0.15, 0.2) is 40.9 Å². The van der Waals surface area contributed by atoms with Gasteiger partial charge in [0.15, 0.2) is 0 Å². The van der Waals surface area contributed by atoms with Crippen molar-refractivity contribution in [1.82, 2.24) is 0 Å². The van der Waals surface area contributed by atoms with Crippen LogP contribution in [0.4, 0.5) is 10.1 Å². The molecule has 0 atom stereocenters. The number of nitrogens with one attached hydrogen (secondary N) is 1. The zero-order valence-electron chi connectivity index (χ0n) is 9.81. The summed E-state index contributed by atoms with van der Waals surface area (Å²) >= 11 is 9.47. The maximum absolute atomic E-state index is 13.5. The number of halogens is 3. The predicted octanol–water partition coefficient (Wildman–Crippen LogP) is 5.16. The zero-order chi connectivity index (χ0) is 13.1. The molecule has 0 amide bonds. The second-order valence-corrected chi connectivity index (χ2v) is 5.40. The lowest BCUT2D eigenvalue weighted by Crippen LogP contribution is -2.02. The van der Waals surface area contributed by atoms with Crippen molar-refractivity contribution in [3.05, 3.63) is 62.8 Å². The Morgan fingerprint density at radius 1 is 1.22 bits per heavy atom. The number of aryl methyl sites for hydroxylation is 1. The van der Waals surface area contributed by atoms with E-state index in [4.69, 9.17) is 11.6 Å². The van der Waals surface area contributed by atoms with E-state index in [0.29, 0.717) is 17.3 Å². The molecule has 0 aliphatic carbocycles. The van der Waals surface area contributed by atoms with Crippen molar-refractivity contribution in [2.45, 2.75) is 13.5 Å². The highest BCUT2D eigenvalue weighted by molar-refractivity contribution is 9.10. The Morgan fingerprint density at radius 2 is 2.00 bits per heavy atom. The van der Waals surface area contributed by atoms with Gasteiger partial charge in [-0.1, -0.05) is 33.6 Å².